The number of benzene rings is 1. The third-order valence-corrected chi connectivity index (χ3v) is 3.03. The minimum Gasteiger partial charge on any atom is -0.392 e. The molecule has 2 atom stereocenters. The first kappa shape index (κ1) is 9.69. The van der Waals surface area contributed by atoms with Crippen LogP contribution in [0.15, 0.2) is 24.3 Å². The van der Waals surface area contributed by atoms with E-state index < -0.39 is 0 Å². The molecule has 0 saturated carbocycles. The predicted octanol–water partition coefficient (Wildman–Crippen LogP) is 1.43. The summed E-state index contributed by atoms with van der Waals surface area (Å²) in [6.45, 7) is 3.94. The Balaban J connectivity index is 2.25. The number of aryl methyl sites for hydroxylation is 1. The molecule has 0 bridgehead atoms. The number of rotatable bonds is 1. The second-order valence-electron chi connectivity index (χ2n) is 4.02. The molecule has 0 radical (unpaired) electrons. The van der Waals surface area contributed by atoms with E-state index in [9.17, 15) is 5.11 Å². The zero-order valence-electron chi connectivity index (χ0n) is 8.53. The smallest absolute Gasteiger partial charge is 0.0633 e. The summed E-state index contributed by atoms with van der Waals surface area (Å²) in [4.78, 5) is 0. The zero-order chi connectivity index (χ0) is 9.97. The quantitative estimate of drug-likeness (QED) is 0.704. The maximum Gasteiger partial charge on any atom is 0.0633 e. The molecule has 1 saturated heterocycles. The van der Waals surface area contributed by atoms with E-state index in [2.05, 4.69) is 24.4 Å². The Morgan fingerprint density at radius 3 is 2.86 bits per heavy atom. The topological polar surface area (TPSA) is 32.3 Å². The SMILES string of the molecule is Cc1ccccc1C1CNCCC1O. The average Bonchev–Trinajstić information content (AvgIpc) is 2.20. The van der Waals surface area contributed by atoms with E-state index in [4.69, 9.17) is 0 Å². The zero-order valence-corrected chi connectivity index (χ0v) is 8.53. The highest BCUT2D eigenvalue weighted by molar-refractivity contribution is 5.30. The van der Waals surface area contributed by atoms with Crippen molar-refractivity contribution in [2.75, 3.05) is 13.1 Å². The van der Waals surface area contributed by atoms with Gasteiger partial charge in [-0.1, -0.05) is 24.3 Å². The molecule has 76 valence electrons. The molecule has 2 N–H and O–H groups in total. The van der Waals surface area contributed by atoms with Crippen molar-refractivity contribution in [2.45, 2.75) is 25.4 Å². The monoisotopic (exact) mass is 191 g/mol. The molecule has 2 nitrogen and oxygen atoms in total. The minimum atomic E-state index is -0.183. The van der Waals surface area contributed by atoms with Crippen LogP contribution >= 0.6 is 0 Å². The largest absolute Gasteiger partial charge is 0.392 e. The summed E-state index contributed by atoms with van der Waals surface area (Å²) in [5.74, 6) is 0.268. The lowest BCUT2D eigenvalue weighted by Gasteiger charge is -2.29. The van der Waals surface area contributed by atoms with E-state index in [1.165, 1.54) is 11.1 Å². The van der Waals surface area contributed by atoms with E-state index in [1.54, 1.807) is 0 Å². The second-order valence-corrected chi connectivity index (χ2v) is 4.02. The van der Waals surface area contributed by atoms with Gasteiger partial charge in [0.15, 0.2) is 0 Å². The molecule has 1 aromatic rings. The van der Waals surface area contributed by atoms with Gasteiger partial charge in [-0.05, 0) is 31.0 Å². The Labute approximate surface area is 85.0 Å². The molecular formula is C12H17NO. The summed E-state index contributed by atoms with van der Waals surface area (Å²) < 4.78 is 0. The third-order valence-electron chi connectivity index (χ3n) is 3.03. The predicted molar refractivity (Wildman–Crippen MR) is 57.4 cm³/mol. The standard InChI is InChI=1S/C12H17NO/c1-9-4-2-3-5-10(9)11-8-13-7-6-12(11)14/h2-5,11-14H,6-8H2,1H3. The normalized spacial score (nSPS) is 27.6. The first-order valence-corrected chi connectivity index (χ1v) is 5.23. The molecule has 0 aliphatic carbocycles. The van der Waals surface area contributed by atoms with Gasteiger partial charge in [-0.2, -0.15) is 0 Å². The van der Waals surface area contributed by atoms with Gasteiger partial charge in [-0.15, -0.1) is 0 Å². The van der Waals surface area contributed by atoms with Crippen LogP contribution in [-0.2, 0) is 0 Å². The number of aliphatic hydroxyl groups excluding tert-OH is 1. The number of nitrogens with one attached hydrogen (secondary N) is 1. The molecule has 1 aliphatic heterocycles. The summed E-state index contributed by atoms with van der Waals surface area (Å²) >= 11 is 0. The van der Waals surface area contributed by atoms with Gasteiger partial charge in [0.2, 0.25) is 0 Å². The van der Waals surface area contributed by atoms with E-state index in [-0.39, 0.29) is 12.0 Å². The van der Waals surface area contributed by atoms with Crippen molar-refractivity contribution in [3.8, 4) is 0 Å². The minimum absolute atomic E-state index is 0.183. The third kappa shape index (κ3) is 1.81. The lowest BCUT2D eigenvalue weighted by molar-refractivity contribution is 0.114. The van der Waals surface area contributed by atoms with Gasteiger partial charge < -0.3 is 10.4 Å². The lowest BCUT2D eigenvalue weighted by atomic mass is 9.86. The van der Waals surface area contributed by atoms with E-state index in [0.29, 0.717) is 0 Å². The fraction of sp³-hybridized carbons (Fsp3) is 0.500. The van der Waals surface area contributed by atoms with Crippen molar-refractivity contribution in [1.82, 2.24) is 5.32 Å². The lowest BCUT2D eigenvalue weighted by Crippen LogP contribution is -2.38. The molecule has 1 fully saturated rings. The average molecular weight is 191 g/mol. The first-order chi connectivity index (χ1) is 6.79. The summed E-state index contributed by atoms with van der Waals surface area (Å²) in [5, 5.41) is 13.2. The molecule has 2 heteroatoms. The highest BCUT2D eigenvalue weighted by Gasteiger charge is 2.24. The molecular weight excluding hydrogens is 174 g/mol. The number of hydrogen-bond acceptors (Lipinski definition) is 2. The fourth-order valence-electron chi connectivity index (χ4n) is 2.16. The Morgan fingerprint density at radius 1 is 1.36 bits per heavy atom. The molecule has 1 aromatic carbocycles. The molecule has 2 rings (SSSR count). The fourth-order valence-corrected chi connectivity index (χ4v) is 2.16. The van der Waals surface area contributed by atoms with Crippen molar-refractivity contribution in [3.63, 3.8) is 0 Å². The van der Waals surface area contributed by atoms with Gasteiger partial charge in [0.25, 0.3) is 0 Å². The second kappa shape index (κ2) is 4.11. The van der Waals surface area contributed by atoms with Crippen LogP contribution in [0.4, 0.5) is 0 Å². The highest BCUT2D eigenvalue weighted by atomic mass is 16.3. The molecule has 14 heavy (non-hydrogen) atoms. The summed E-state index contributed by atoms with van der Waals surface area (Å²) in [6.07, 6.45) is 0.677. The molecule has 1 aliphatic rings. The van der Waals surface area contributed by atoms with Crippen molar-refractivity contribution in [2.24, 2.45) is 0 Å². The van der Waals surface area contributed by atoms with E-state index >= 15 is 0 Å². The molecule has 2 unspecified atom stereocenters. The van der Waals surface area contributed by atoms with Crippen LogP contribution in [-0.4, -0.2) is 24.3 Å². The van der Waals surface area contributed by atoms with Crippen molar-refractivity contribution in [1.29, 1.82) is 0 Å². The Kier molecular flexibility index (Phi) is 2.85. The van der Waals surface area contributed by atoms with Gasteiger partial charge in [0.1, 0.15) is 0 Å². The number of piperidine rings is 1. The highest BCUT2D eigenvalue weighted by Crippen LogP contribution is 2.25. The van der Waals surface area contributed by atoms with Gasteiger partial charge in [0.05, 0.1) is 6.10 Å². The van der Waals surface area contributed by atoms with Gasteiger partial charge in [-0.25, -0.2) is 0 Å². The van der Waals surface area contributed by atoms with Gasteiger partial charge in [-0.3, -0.25) is 0 Å². The van der Waals surface area contributed by atoms with Crippen LogP contribution in [0, 0.1) is 6.92 Å². The number of hydrogen-bond donors (Lipinski definition) is 2. The summed E-state index contributed by atoms with van der Waals surface area (Å²) in [7, 11) is 0. The Morgan fingerprint density at radius 2 is 2.14 bits per heavy atom. The van der Waals surface area contributed by atoms with Crippen molar-refractivity contribution < 1.29 is 5.11 Å². The van der Waals surface area contributed by atoms with Gasteiger partial charge in [0, 0.05) is 12.5 Å². The van der Waals surface area contributed by atoms with Crippen molar-refractivity contribution in [3.05, 3.63) is 35.4 Å². The van der Waals surface area contributed by atoms with Crippen LogP contribution in [0.25, 0.3) is 0 Å². The van der Waals surface area contributed by atoms with Crippen LogP contribution in [0.5, 0.6) is 0 Å². The maximum atomic E-state index is 9.91. The Bertz CT molecular complexity index is 311. The van der Waals surface area contributed by atoms with Gasteiger partial charge >= 0.3 is 0 Å². The molecule has 0 amide bonds. The van der Waals surface area contributed by atoms with Crippen LogP contribution in [0.2, 0.25) is 0 Å². The van der Waals surface area contributed by atoms with Crippen molar-refractivity contribution >= 4 is 0 Å². The molecule has 0 spiro atoms. The van der Waals surface area contributed by atoms with Crippen LogP contribution in [0.3, 0.4) is 0 Å². The van der Waals surface area contributed by atoms with E-state index in [0.717, 1.165) is 19.5 Å². The summed E-state index contributed by atoms with van der Waals surface area (Å²) in [5.41, 5.74) is 2.56. The molecule has 1 heterocycles. The van der Waals surface area contributed by atoms with Crippen LogP contribution in [0.1, 0.15) is 23.5 Å². The number of aliphatic hydroxyl groups is 1. The summed E-state index contributed by atoms with van der Waals surface area (Å²) in [6, 6.07) is 8.32. The van der Waals surface area contributed by atoms with E-state index in [1.807, 2.05) is 12.1 Å². The van der Waals surface area contributed by atoms with Crippen LogP contribution < -0.4 is 5.32 Å². The Hall–Kier alpha value is -0.860. The first-order valence-electron chi connectivity index (χ1n) is 5.23. The molecule has 0 aromatic heterocycles. The maximum absolute atomic E-state index is 9.91.